The minimum Gasteiger partial charge on any atom is -0.445 e. The van der Waals surface area contributed by atoms with Gasteiger partial charge in [-0.3, -0.25) is 19.2 Å². The number of hydrogen-bond donors (Lipinski definition) is 3. The smallest absolute Gasteiger partial charge is 0.408 e. The van der Waals surface area contributed by atoms with Crippen LogP contribution in [-0.2, 0) is 30.5 Å². The Balaban J connectivity index is 2.75. The first-order valence-electron chi connectivity index (χ1n) is 13.6. The van der Waals surface area contributed by atoms with Crippen LogP contribution >= 0.6 is 0 Å². The van der Waals surface area contributed by atoms with E-state index in [0.717, 1.165) is 50.4 Å². The Morgan fingerprint density at radius 1 is 0.878 bits per heavy atom. The van der Waals surface area contributed by atoms with Crippen molar-refractivity contribution >= 4 is 35.8 Å². The van der Waals surface area contributed by atoms with Gasteiger partial charge in [0.15, 0.2) is 0 Å². The number of urea groups is 1. The van der Waals surface area contributed by atoms with E-state index >= 15 is 0 Å². The highest BCUT2D eigenvalue weighted by atomic mass is 16.5. The lowest BCUT2D eigenvalue weighted by atomic mass is 10.2. The highest BCUT2D eigenvalue weighted by Crippen LogP contribution is 2.05. The number of nitrogens with zero attached hydrogens (tertiary/aromatic N) is 3. The van der Waals surface area contributed by atoms with Gasteiger partial charge in [0.2, 0.25) is 11.8 Å². The van der Waals surface area contributed by atoms with Crippen molar-refractivity contribution in [2.75, 3.05) is 20.1 Å². The number of hydrazine groups is 1. The molecule has 1 rings (SSSR count). The summed E-state index contributed by atoms with van der Waals surface area (Å²) in [4.78, 5) is 76.5. The molecule has 0 aliphatic heterocycles. The molecule has 13 nitrogen and oxygen atoms in total. The number of rotatable bonds is 14. The number of nitrogens with one attached hydrogen (secondary N) is 2. The summed E-state index contributed by atoms with van der Waals surface area (Å²) in [6, 6.07) is 5.42. The molecule has 1 aromatic rings. The van der Waals surface area contributed by atoms with Crippen molar-refractivity contribution in [1.82, 2.24) is 25.6 Å². The molecule has 2 atom stereocenters. The molecule has 0 radical (unpaired) electrons. The topological polar surface area (TPSA) is 171 Å². The molecule has 13 heteroatoms. The van der Waals surface area contributed by atoms with Crippen molar-refractivity contribution in [3.05, 3.63) is 48.0 Å². The first-order chi connectivity index (χ1) is 19.4. The third kappa shape index (κ3) is 12.1. The number of amides is 7. The zero-order valence-electron chi connectivity index (χ0n) is 24.4. The number of ether oxygens (including phenoxy) is 1. The number of primary amides is 1. The Morgan fingerprint density at radius 3 is 1.98 bits per heavy atom. The normalized spacial score (nSPS) is 12.1. The Kier molecular flexibility index (Phi) is 15.2. The summed E-state index contributed by atoms with van der Waals surface area (Å²) in [6.07, 6.45) is 4.46. The summed E-state index contributed by atoms with van der Waals surface area (Å²) < 4.78 is 5.08. The molecule has 1 aromatic carbocycles. The lowest BCUT2D eigenvalue weighted by Gasteiger charge is -2.30. The molecular formula is C28H42N6O7. The fraction of sp³-hybridized carbons (Fsp3) is 0.500. The molecule has 4 N–H and O–H groups in total. The lowest BCUT2D eigenvalue weighted by molar-refractivity contribution is -0.153. The van der Waals surface area contributed by atoms with E-state index in [1.54, 1.807) is 29.2 Å². The van der Waals surface area contributed by atoms with Gasteiger partial charge in [-0.15, -0.1) is 0 Å². The van der Waals surface area contributed by atoms with E-state index < -0.39 is 47.8 Å². The largest absolute Gasteiger partial charge is 0.445 e. The van der Waals surface area contributed by atoms with Gasteiger partial charge in [0.1, 0.15) is 18.7 Å². The molecule has 41 heavy (non-hydrogen) atoms. The van der Waals surface area contributed by atoms with Crippen LogP contribution in [0, 0.1) is 0 Å². The number of carbonyl (C=O) groups excluding carboxylic acids is 6. The summed E-state index contributed by atoms with van der Waals surface area (Å²) >= 11 is 0. The lowest BCUT2D eigenvalue weighted by Crippen LogP contribution is -2.58. The van der Waals surface area contributed by atoms with Crippen LogP contribution in [0.1, 0.15) is 58.9 Å². The summed E-state index contributed by atoms with van der Waals surface area (Å²) in [5.41, 5.74) is 6.11. The Morgan fingerprint density at radius 2 is 1.44 bits per heavy atom. The maximum atomic E-state index is 12.9. The average Bonchev–Trinajstić information content (AvgIpc) is 2.94. The number of nitrogens with two attached hydrogens (primary N) is 1. The quantitative estimate of drug-likeness (QED) is 0.225. The molecular weight excluding hydrogens is 532 g/mol. The van der Waals surface area contributed by atoms with Crippen molar-refractivity contribution in [1.29, 1.82) is 0 Å². The molecule has 0 aliphatic rings. The SMILES string of the molecule is CCCCN(CCCC)C(=O)C=CC(=O)N(C(N)=O)N(C)C(=O)[C@H](C)NC(=O)[C@H](C)NC(=O)OCc1ccccc1. The van der Waals surface area contributed by atoms with Crippen LogP contribution in [0.25, 0.3) is 0 Å². The Bertz CT molecular complexity index is 1070. The molecule has 0 unspecified atom stereocenters. The van der Waals surface area contributed by atoms with Crippen molar-refractivity contribution in [2.45, 2.75) is 72.1 Å². The van der Waals surface area contributed by atoms with Crippen LogP contribution < -0.4 is 16.4 Å². The van der Waals surface area contributed by atoms with E-state index in [1.165, 1.54) is 13.8 Å². The van der Waals surface area contributed by atoms with Gasteiger partial charge in [-0.2, -0.15) is 5.01 Å². The third-order valence-electron chi connectivity index (χ3n) is 5.95. The molecule has 7 amide bonds. The second-order valence-corrected chi connectivity index (χ2v) is 9.37. The highest BCUT2D eigenvalue weighted by Gasteiger charge is 2.31. The van der Waals surface area contributed by atoms with Gasteiger partial charge in [-0.25, -0.2) is 14.6 Å². The Hall–Kier alpha value is -4.42. The van der Waals surface area contributed by atoms with Gasteiger partial charge >= 0.3 is 12.1 Å². The van der Waals surface area contributed by atoms with Crippen LogP contribution in [0.5, 0.6) is 0 Å². The van der Waals surface area contributed by atoms with Gasteiger partial charge in [-0.05, 0) is 32.3 Å². The second kappa shape index (κ2) is 18.0. The predicted molar refractivity (Wildman–Crippen MR) is 152 cm³/mol. The number of hydrogen-bond acceptors (Lipinski definition) is 7. The monoisotopic (exact) mass is 574 g/mol. The van der Waals surface area contributed by atoms with Gasteiger partial charge in [0, 0.05) is 32.3 Å². The third-order valence-corrected chi connectivity index (χ3v) is 5.95. The van der Waals surface area contributed by atoms with E-state index in [-0.39, 0.29) is 6.61 Å². The number of unbranched alkanes of at least 4 members (excludes halogenated alkanes) is 2. The van der Waals surface area contributed by atoms with E-state index in [4.69, 9.17) is 10.5 Å². The summed E-state index contributed by atoms with van der Waals surface area (Å²) in [6.45, 7) is 7.79. The van der Waals surface area contributed by atoms with Gasteiger partial charge in [-0.1, -0.05) is 57.0 Å². The van der Waals surface area contributed by atoms with E-state index in [1.807, 2.05) is 19.9 Å². The molecule has 0 aliphatic carbocycles. The van der Waals surface area contributed by atoms with Gasteiger partial charge < -0.3 is 26.0 Å². The van der Waals surface area contributed by atoms with Crippen LogP contribution in [0.4, 0.5) is 9.59 Å². The molecule has 0 heterocycles. The molecule has 0 saturated heterocycles. The van der Waals surface area contributed by atoms with Crippen molar-refractivity contribution in [3.8, 4) is 0 Å². The van der Waals surface area contributed by atoms with Gasteiger partial charge in [0.05, 0.1) is 0 Å². The van der Waals surface area contributed by atoms with Crippen LogP contribution in [-0.4, -0.2) is 82.9 Å². The number of benzene rings is 1. The van der Waals surface area contributed by atoms with Crippen molar-refractivity contribution < 1.29 is 33.5 Å². The predicted octanol–water partition coefficient (Wildman–Crippen LogP) is 2.07. The summed E-state index contributed by atoms with van der Waals surface area (Å²) in [5, 5.41) is 5.79. The van der Waals surface area contributed by atoms with Crippen LogP contribution in [0.2, 0.25) is 0 Å². The van der Waals surface area contributed by atoms with Gasteiger partial charge in [0.25, 0.3) is 11.8 Å². The number of alkyl carbamates (subject to hydrolysis) is 1. The summed E-state index contributed by atoms with van der Waals surface area (Å²) in [7, 11) is 1.13. The highest BCUT2D eigenvalue weighted by molar-refractivity contribution is 6.04. The van der Waals surface area contributed by atoms with Crippen molar-refractivity contribution in [3.63, 3.8) is 0 Å². The first-order valence-corrected chi connectivity index (χ1v) is 13.6. The number of likely N-dealkylation sites (N-methyl/N-ethyl adjacent to an activating group) is 1. The minimum atomic E-state index is -1.26. The van der Waals surface area contributed by atoms with Crippen molar-refractivity contribution in [2.24, 2.45) is 5.73 Å². The number of imide groups is 1. The molecule has 0 saturated carbocycles. The van der Waals surface area contributed by atoms with E-state index in [9.17, 15) is 28.8 Å². The molecule has 0 bridgehead atoms. The fourth-order valence-electron chi connectivity index (χ4n) is 3.54. The zero-order valence-corrected chi connectivity index (χ0v) is 24.4. The first kappa shape index (κ1) is 34.6. The maximum Gasteiger partial charge on any atom is 0.408 e. The average molecular weight is 575 g/mol. The zero-order chi connectivity index (χ0) is 30.9. The molecule has 226 valence electrons. The van der Waals surface area contributed by atoms with E-state index in [2.05, 4.69) is 10.6 Å². The molecule has 0 aromatic heterocycles. The number of carbonyl (C=O) groups is 6. The standard InChI is InChI=1S/C28H42N6O7/c1-6-8-17-33(18-9-7-2)23(35)15-16-24(36)34(27(29)39)32(5)26(38)21(4)30-25(37)20(3)31-28(40)41-19-22-13-11-10-12-14-22/h10-16,20-21H,6-9,17-19H2,1-5H3,(H2,29,39)(H,30,37)(H,31,40)/t20-,21-/m0/s1. The van der Waals surface area contributed by atoms with E-state index in [0.29, 0.717) is 23.1 Å². The minimum absolute atomic E-state index is 0.00717. The molecule has 0 spiro atoms. The second-order valence-electron chi connectivity index (χ2n) is 9.37. The fourth-order valence-corrected chi connectivity index (χ4v) is 3.54. The molecule has 0 fully saturated rings. The maximum absolute atomic E-state index is 12.9. The van der Waals surface area contributed by atoms with Crippen LogP contribution in [0.3, 0.4) is 0 Å². The van der Waals surface area contributed by atoms with Crippen LogP contribution in [0.15, 0.2) is 42.5 Å². The summed E-state index contributed by atoms with van der Waals surface area (Å²) in [5.74, 6) is -2.97. The Labute approximate surface area is 241 Å².